The summed E-state index contributed by atoms with van der Waals surface area (Å²) < 4.78 is 25.9. The zero-order valence-electron chi connectivity index (χ0n) is 9.87. The van der Waals surface area contributed by atoms with E-state index in [0.717, 1.165) is 12.1 Å². The number of halogens is 2. The Hall–Kier alpha value is -2.17. The number of carbonyl (C=O) groups is 1. The standard InChI is InChI=1S/C13H10F2N2O/c1-7-10(8(2)18)6-16-13(17-7)9-3-4-11(14)12(15)5-9/h3-6H,1-2H3. The van der Waals surface area contributed by atoms with Crippen LogP contribution in [0.25, 0.3) is 11.4 Å². The van der Waals surface area contributed by atoms with Gasteiger partial charge in [-0.3, -0.25) is 4.79 Å². The molecule has 0 spiro atoms. The molecule has 1 aromatic carbocycles. The maximum atomic E-state index is 13.1. The molecule has 0 saturated heterocycles. The lowest BCUT2D eigenvalue weighted by molar-refractivity contribution is 0.101. The summed E-state index contributed by atoms with van der Waals surface area (Å²) in [4.78, 5) is 19.3. The molecule has 2 aromatic rings. The molecule has 3 nitrogen and oxygen atoms in total. The van der Waals surface area contributed by atoms with Gasteiger partial charge in [0.25, 0.3) is 0 Å². The molecule has 0 aliphatic heterocycles. The molecule has 0 radical (unpaired) electrons. The summed E-state index contributed by atoms with van der Waals surface area (Å²) in [7, 11) is 0. The summed E-state index contributed by atoms with van der Waals surface area (Å²) in [5, 5.41) is 0. The van der Waals surface area contributed by atoms with Gasteiger partial charge in [-0.1, -0.05) is 0 Å². The molecule has 0 aliphatic rings. The van der Waals surface area contributed by atoms with Crippen molar-refractivity contribution in [1.82, 2.24) is 9.97 Å². The molecule has 0 aliphatic carbocycles. The Kier molecular flexibility index (Phi) is 3.14. The summed E-state index contributed by atoms with van der Waals surface area (Å²) in [6.07, 6.45) is 1.39. The van der Waals surface area contributed by atoms with E-state index in [9.17, 15) is 13.6 Å². The fourth-order valence-corrected chi connectivity index (χ4v) is 1.59. The highest BCUT2D eigenvalue weighted by molar-refractivity contribution is 5.94. The quantitative estimate of drug-likeness (QED) is 0.767. The highest BCUT2D eigenvalue weighted by Crippen LogP contribution is 2.19. The van der Waals surface area contributed by atoms with Gasteiger partial charge in [0.05, 0.1) is 11.3 Å². The van der Waals surface area contributed by atoms with Crippen LogP contribution in [0.2, 0.25) is 0 Å². The second-order valence-corrected chi connectivity index (χ2v) is 3.88. The number of aryl methyl sites for hydroxylation is 1. The SMILES string of the molecule is CC(=O)c1cnc(-c2ccc(F)c(F)c2)nc1C. The lowest BCUT2D eigenvalue weighted by Crippen LogP contribution is -2.02. The molecule has 0 bridgehead atoms. The Bertz CT molecular complexity index is 626. The average Bonchev–Trinajstić information content (AvgIpc) is 2.32. The van der Waals surface area contributed by atoms with E-state index < -0.39 is 11.6 Å². The third-order valence-corrected chi connectivity index (χ3v) is 2.54. The molecule has 2 rings (SSSR count). The van der Waals surface area contributed by atoms with E-state index in [0.29, 0.717) is 16.8 Å². The predicted octanol–water partition coefficient (Wildman–Crippen LogP) is 2.93. The van der Waals surface area contributed by atoms with Crippen molar-refractivity contribution in [3.8, 4) is 11.4 Å². The molecule has 0 N–H and O–H groups in total. The van der Waals surface area contributed by atoms with Gasteiger partial charge in [0.15, 0.2) is 23.2 Å². The zero-order valence-corrected chi connectivity index (χ0v) is 9.87. The Morgan fingerprint density at radius 3 is 2.50 bits per heavy atom. The van der Waals surface area contributed by atoms with Crippen LogP contribution in [0.3, 0.4) is 0 Å². The summed E-state index contributed by atoms with van der Waals surface area (Å²) in [6, 6.07) is 3.43. The van der Waals surface area contributed by atoms with Gasteiger partial charge in [0.2, 0.25) is 0 Å². The molecule has 0 saturated carbocycles. The summed E-state index contributed by atoms with van der Waals surface area (Å²) in [5.74, 6) is -1.75. The molecule has 0 amide bonds. The van der Waals surface area contributed by atoms with Crippen molar-refractivity contribution in [3.63, 3.8) is 0 Å². The van der Waals surface area contributed by atoms with Gasteiger partial charge in [0.1, 0.15) is 0 Å². The van der Waals surface area contributed by atoms with Crippen molar-refractivity contribution in [2.75, 3.05) is 0 Å². The summed E-state index contributed by atoms with van der Waals surface area (Å²) in [6.45, 7) is 3.09. The van der Waals surface area contributed by atoms with Gasteiger partial charge in [-0.05, 0) is 32.0 Å². The third-order valence-electron chi connectivity index (χ3n) is 2.54. The van der Waals surface area contributed by atoms with Gasteiger partial charge in [-0.15, -0.1) is 0 Å². The fraction of sp³-hybridized carbons (Fsp3) is 0.154. The highest BCUT2D eigenvalue weighted by atomic mass is 19.2. The fourth-order valence-electron chi connectivity index (χ4n) is 1.59. The average molecular weight is 248 g/mol. The van der Waals surface area contributed by atoms with Gasteiger partial charge in [-0.25, -0.2) is 18.7 Å². The van der Waals surface area contributed by atoms with Crippen LogP contribution in [0.4, 0.5) is 8.78 Å². The van der Waals surface area contributed by atoms with Gasteiger partial charge in [-0.2, -0.15) is 0 Å². The summed E-state index contributed by atoms with van der Waals surface area (Å²) in [5.41, 5.74) is 1.30. The maximum absolute atomic E-state index is 13.1. The molecule has 1 aromatic heterocycles. The molecule has 0 unspecified atom stereocenters. The number of Topliss-reactive ketones (excluding diaryl/α,β-unsaturated/α-hetero) is 1. The van der Waals surface area contributed by atoms with E-state index in [4.69, 9.17) is 0 Å². The van der Waals surface area contributed by atoms with Crippen molar-refractivity contribution >= 4 is 5.78 Å². The number of hydrogen-bond acceptors (Lipinski definition) is 3. The van der Waals surface area contributed by atoms with Crippen molar-refractivity contribution < 1.29 is 13.6 Å². The number of benzene rings is 1. The molecule has 18 heavy (non-hydrogen) atoms. The van der Waals surface area contributed by atoms with Crippen LogP contribution in [0.1, 0.15) is 23.0 Å². The van der Waals surface area contributed by atoms with Crippen molar-refractivity contribution in [3.05, 3.63) is 47.3 Å². The lowest BCUT2D eigenvalue weighted by Gasteiger charge is -2.04. The predicted molar refractivity (Wildman–Crippen MR) is 62.1 cm³/mol. The van der Waals surface area contributed by atoms with Crippen LogP contribution in [0.5, 0.6) is 0 Å². The van der Waals surface area contributed by atoms with Crippen LogP contribution in [-0.4, -0.2) is 15.8 Å². The first kappa shape index (κ1) is 12.3. The van der Waals surface area contributed by atoms with Crippen molar-refractivity contribution in [2.45, 2.75) is 13.8 Å². The molecular formula is C13H10F2N2O. The van der Waals surface area contributed by atoms with Crippen LogP contribution < -0.4 is 0 Å². The third kappa shape index (κ3) is 2.25. The summed E-state index contributed by atoms with van der Waals surface area (Å²) >= 11 is 0. The number of carbonyl (C=O) groups excluding carboxylic acids is 1. The molecule has 0 fully saturated rings. The Labute approximate surface area is 103 Å². The van der Waals surface area contributed by atoms with Crippen LogP contribution in [0, 0.1) is 18.6 Å². The van der Waals surface area contributed by atoms with E-state index in [1.165, 1.54) is 19.2 Å². The largest absolute Gasteiger partial charge is 0.294 e. The van der Waals surface area contributed by atoms with Crippen LogP contribution in [0.15, 0.2) is 24.4 Å². The second-order valence-electron chi connectivity index (χ2n) is 3.88. The highest BCUT2D eigenvalue weighted by Gasteiger charge is 2.10. The van der Waals surface area contributed by atoms with E-state index in [2.05, 4.69) is 9.97 Å². The van der Waals surface area contributed by atoms with E-state index in [-0.39, 0.29) is 11.6 Å². The molecular weight excluding hydrogens is 238 g/mol. The van der Waals surface area contributed by atoms with E-state index >= 15 is 0 Å². The molecule has 92 valence electrons. The van der Waals surface area contributed by atoms with Gasteiger partial charge < -0.3 is 0 Å². The first-order valence-corrected chi connectivity index (χ1v) is 5.29. The number of ketones is 1. The van der Waals surface area contributed by atoms with Crippen LogP contribution >= 0.6 is 0 Å². The topological polar surface area (TPSA) is 42.9 Å². The Balaban J connectivity index is 2.48. The van der Waals surface area contributed by atoms with Crippen LogP contribution in [-0.2, 0) is 0 Å². The molecule has 1 heterocycles. The first-order chi connectivity index (χ1) is 8.49. The van der Waals surface area contributed by atoms with Gasteiger partial charge >= 0.3 is 0 Å². The maximum Gasteiger partial charge on any atom is 0.163 e. The molecule has 0 atom stereocenters. The second kappa shape index (κ2) is 4.60. The number of rotatable bonds is 2. The number of hydrogen-bond donors (Lipinski definition) is 0. The Morgan fingerprint density at radius 2 is 1.94 bits per heavy atom. The lowest BCUT2D eigenvalue weighted by atomic mass is 10.1. The van der Waals surface area contributed by atoms with E-state index in [1.54, 1.807) is 6.92 Å². The van der Waals surface area contributed by atoms with Gasteiger partial charge in [0, 0.05) is 11.8 Å². The Morgan fingerprint density at radius 1 is 1.22 bits per heavy atom. The first-order valence-electron chi connectivity index (χ1n) is 5.29. The normalized spacial score (nSPS) is 10.4. The number of nitrogens with zero attached hydrogens (tertiary/aromatic N) is 2. The van der Waals surface area contributed by atoms with Crippen molar-refractivity contribution in [1.29, 1.82) is 0 Å². The minimum atomic E-state index is -0.954. The van der Waals surface area contributed by atoms with E-state index in [1.807, 2.05) is 0 Å². The minimum Gasteiger partial charge on any atom is -0.294 e. The minimum absolute atomic E-state index is 0.135. The number of aromatic nitrogens is 2. The smallest absolute Gasteiger partial charge is 0.163 e. The molecule has 5 heteroatoms. The monoisotopic (exact) mass is 248 g/mol. The zero-order chi connectivity index (χ0) is 13.3. The van der Waals surface area contributed by atoms with Crippen molar-refractivity contribution in [2.24, 2.45) is 0 Å².